The number of hydrogen-bond donors (Lipinski definition) is 1. The maximum atomic E-state index is 12.3. The molecule has 0 atom stereocenters. The van der Waals surface area contributed by atoms with E-state index in [9.17, 15) is 8.42 Å². The molecular formula is C17H21NO2S. The molecule has 2 rings (SSSR count). The molecule has 2 aromatic carbocycles. The van der Waals surface area contributed by atoms with Gasteiger partial charge in [-0.2, -0.15) is 0 Å². The zero-order chi connectivity index (χ0) is 15.5. The summed E-state index contributed by atoms with van der Waals surface area (Å²) in [7, 11) is -3.53. The molecule has 0 spiro atoms. The van der Waals surface area contributed by atoms with Crippen molar-refractivity contribution in [1.82, 2.24) is 0 Å². The van der Waals surface area contributed by atoms with Crippen LogP contribution < -0.4 is 4.72 Å². The Hall–Kier alpha value is -1.81. The van der Waals surface area contributed by atoms with Gasteiger partial charge in [-0.25, -0.2) is 8.42 Å². The largest absolute Gasteiger partial charge is 0.280 e. The van der Waals surface area contributed by atoms with Gasteiger partial charge in [0, 0.05) is 5.69 Å². The van der Waals surface area contributed by atoms with Gasteiger partial charge >= 0.3 is 0 Å². The predicted molar refractivity (Wildman–Crippen MR) is 87.2 cm³/mol. The first-order chi connectivity index (χ1) is 9.92. The maximum Gasteiger partial charge on any atom is 0.261 e. The average Bonchev–Trinajstić information content (AvgIpc) is 2.48. The molecule has 0 amide bonds. The van der Waals surface area contributed by atoms with Gasteiger partial charge in [0.15, 0.2) is 0 Å². The van der Waals surface area contributed by atoms with Crippen molar-refractivity contribution in [3.63, 3.8) is 0 Å². The Balaban J connectivity index is 2.20. The molecule has 0 fully saturated rings. The van der Waals surface area contributed by atoms with Crippen LogP contribution in [0.1, 0.15) is 37.8 Å². The van der Waals surface area contributed by atoms with Crippen molar-refractivity contribution in [2.75, 3.05) is 4.72 Å². The smallest absolute Gasteiger partial charge is 0.261 e. The first kappa shape index (κ1) is 15.6. The van der Waals surface area contributed by atoms with Crippen molar-refractivity contribution < 1.29 is 8.42 Å². The van der Waals surface area contributed by atoms with E-state index in [1.54, 1.807) is 24.3 Å². The highest BCUT2D eigenvalue weighted by Gasteiger charge is 2.14. The quantitative estimate of drug-likeness (QED) is 0.901. The van der Waals surface area contributed by atoms with Crippen LogP contribution in [0.2, 0.25) is 0 Å². The second-order valence-electron chi connectivity index (χ2n) is 5.38. The van der Waals surface area contributed by atoms with Gasteiger partial charge in [0.05, 0.1) is 4.90 Å². The Kier molecular flexibility index (Phi) is 4.68. The highest BCUT2D eigenvalue weighted by atomic mass is 32.2. The minimum Gasteiger partial charge on any atom is -0.280 e. The lowest BCUT2D eigenvalue weighted by Gasteiger charge is -2.10. The second kappa shape index (κ2) is 6.31. The van der Waals surface area contributed by atoms with E-state index >= 15 is 0 Å². The van der Waals surface area contributed by atoms with Crippen LogP contribution >= 0.6 is 0 Å². The normalized spacial score (nSPS) is 11.6. The van der Waals surface area contributed by atoms with Crippen LogP contribution in [0, 0.1) is 0 Å². The lowest BCUT2D eigenvalue weighted by atomic mass is 10.0. The SMILES string of the molecule is CCc1ccc(NS(=O)(=O)c2ccc(C(C)C)cc2)cc1. The van der Waals surface area contributed by atoms with Gasteiger partial charge in [-0.1, -0.05) is 45.0 Å². The van der Waals surface area contributed by atoms with Crippen LogP contribution in [0.4, 0.5) is 5.69 Å². The third kappa shape index (κ3) is 3.85. The number of aryl methyl sites for hydroxylation is 1. The number of nitrogens with one attached hydrogen (secondary N) is 1. The van der Waals surface area contributed by atoms with Crippen molar-refractivity contribution in [1.29, 1.82) is 0 Å². The molecule has 0 aromatic heterocycles. The fraction of sp³-hybridized carbons (Fsp3) is 0.294. The van der Waals surface area contributed by atoms with E-state index in [-0.39, 0.29) is 4.90 Å². The molecule has 0 saturated heterocycles. The van der Waals surface area contributed by atoms with Crippen molar-refractivity contribution in [3.8, 4) is 0 Å². The lowest BCUT2D eigenvalue weighted by molar-refractivity contribution is 0.601. The average molecular weight is 303 g/mol. The molecule has 0 aliphatic carbocycles. The molecule has 0 saturated carbocycles. The van der Waals surface area contributed by atoms with Crippen molar-refractivity contribution in [3.05, 3.63) is 59.7 Å². The van der Waals surface area contributed by atoms with Crippen LogP contribution in [0.5, 0.6) is 0 Å². The summed E-state index contributed by atoms with van der Waals surface area (Å²) in [5, 5.41) is 0. The molecule has 0 aliphatic rings. The van der Waals surface area contributed by atoms with Crippen LogP contribution in [-0.2, 0) is 16.4 Å². The summed E-state index contributed by atoms with van der Waals surface area (Å²) in [5.74, 6) is 0.385. The minimum atomic E-state index is -3.53. The number of sulfonamides is 1. The van der Waals surface area contributed by atoms with Crippen molar-refractivity contribution in [2.45, 2.75) is 38.0 Å². The standard InChI is InChI=1S/C17H21NO2S/c1-4-14-5-9-16(10-6-14)18-21(19,20)17-11-7-15(8-12-17)13(2)3/h5-13,18H,4H2,1-3H3. The van der Waals surface area contributed by atoms with Crippen molar-refractivity contribution in [2.24, 2.45) is 0 Å². The Morgan fingerprint density at radius 3 is 2.00 bits per heavy atom. The Labute approximate surface area is 127 Å². The summed E-state index contributed by atoms with van der Waals surface area (Å²) in [6.45, 7) is 6.23. The summed E-state index contributed by atoms with van der Waals surface area (Å²) in [5.41, 5.74) is 2.89. The summed E-state index contributed by atoms with van der Waals surface area (Å²) in [4.78, 5) is 0.284. The van der Waals surface area contributed by atoms with Gasteiger partial charge in [-0.15, -0.1) is 0 Å². The first-order valence-electron chi connectivity index (χ1n) is 7.14. The lowest BCUT2D eigenvalue weighted by Crippen LogP contribution is -2.13. The fourth-order valence-electron chi connectivity index (χ4n) is 2.05. The summed E-state index contributed by atoms with van der Waals surface area (Å²) >= 11 is 0. The van der Waals surface area contributed by atoms with E-state index in [0.29, 0.717) is 11.6 Å². The van der Waals surface area contributed by atoms with Crippen LogP contribution in [0.25, 0.3) is 0 Å². The molecule has 4 heteroatoms. The summed E-state index contributed by atoms with van der Waals surface area (Å²) in [6, 6.07) is 14.5. The molecule has 0 aliphatic heterocycles. The van der Waals surface area contributed by atoms with E-state index < -0.39 is 10.0 Å². The molecule has 3 nitrogen and oxygen atoms in total. The first-order valence-corrected chi connectivity index (χ1v) is 8.62. The monoisotopic (exact) mass is 303 g/mol. The van der Waals surface area contributed by atoms with E-state index in [1.807, 2.05) is 24.3 Å². The van der Waals surface area contributed by atoms with E-state index in [4.69, 9.17) is 0 Å². The molecule has 0 unspecified atom stereocenters. The highest BCUT2D eigenvalue weighted by Crippen LogP contribution is 2.20. The highest BCUT2D eigenvalue weighted by molar-refractivity contribution is 7.92. The van der Waals surface area contributed by atoms with Gasteiger partial charge in [-0.3, -0.25) is 4.72 Å². The van der Waals surface area contributed by atoms with Crippen LogP contribution in [0.15, 0.2) is 53.4 Å². The van der Waals surface area contributed by atoms with Gasteiger partial charge in [0.1, 0.15) is 0 Å². The fourth-order valence-corrected chi connectivity index (χ4v) is 3.11. The Bertz CT molecular complexity index is 687. The summed E-state index contributed by atoms with van der Waals surface area (Å²) < 4.78 is 27.3. The molecule has 0 heterocycles. The van der Waals surface area contributed by atoms with E-state index in [0.717, 1.165) is 12.0 Å². The summed E-state index contributed by atoms with van der Waals surface area (Å²) in [6.07, 6.45) is 0.934. The second-order valence-corrected chi connectivity index (χ2v) is 7.06. The van der Waals surface area contributed by atoms with Gasteiger partial charge in [0.25, 0.3) is 10.0 Å². The zero-order valence-corrected chi connectivity index (χ0v) is 13.4. The zero-order valence-electron chi connectivity index (χ0n) is 12.6. The molecule has 0 bridgehead atoms. The third-order valence-electron chi connectivity index (χ3n) is 3.47. The molecule has 2 aromatic rings. The minimum absolute atomic E-state index is 0.284. The molecule has 112 valence electrons. The Morgan fingerprint density at radius 1 is 0.952 bits per heavy atom. The molecular weight excluding hydrogens is 282 g/mol. The molecule has 1 N–H and O–H groups in total. The number of anilines is 1. The third-order valence-corrected chi connectivity index (χ3v) is 4.87. The maximum absolute atomic E-state index is 12.3. The molecule has 21 heavy (non-hydrogen) atoms. The van der Waals surface area contributed by atoms with Gasteiger partial charge in [0.2, 0.25) is 0 Å². The molecule has 0 radical (unpaired) electrons. The number of benzene rings is 2. The van der Waals surface area contributed by atoms with Gasteiger partial charge in [-0.05, 0) is 47.7 Å². The number of hydrogen-bond acceptors (Lipinski definition) is 2. The topological polar surface area (TPSA) is 46.2 Å². The van der Waals surface area contributed by atoms with Crippen molar-refractivity contribution >= 4 is 15.7 Å². The predicted octanol–water partition coefficient (Wildman–Crippen LogP) is 4.17. The number of rotatable bonds is 5. The van der Waals surface area contributed by atoms with Gasteiger partial charge < -0.3 is 0 Å². The Morgan fingerprint density at radius 2 is 1.52 bits per heavy atom. The van der Waals surface area contributed by atoms with E-state index in [1.165, 1.54) is 5.56 Å². The van der Waals surface area contributed by atoms with E-state index in [2.05, 4.69) is 25.5 Å². The van der Waals surface area contributed by atoms with Crippen LogP contribution in [0.3, 0.4) is 0 Å². The van der Waals surface area contributed by atoms with Crippen LogP contribution in [-0.4, -0.2) is 8.42 Å².